The number of hydrogen-bond acceptors (Lipinski definition) is 11. The summed E-state index contributed by atoms with van der Waals surface area (Å²) in [5, 5.41) is 0.580. The number of methoxy groups -OCH3 is 1. The van der Waals surface area contributed by atoms with Crippen LogP contribution in [0.15, 0.2) is 41.3 Å². The van der Waals surface area contributed by atoms with E-state index >= 15 is 4.39 Å². The molecule has 5 aromatic rings. The fourth-order valence-corrected chi connectivity index (χ4v) is 5.10. The molecule has 4 aromatic heterocycles. The lowest BCUT2D eigenvalue weighted by Crippen LogP contribution is -2.38. The molecule has 14 heteroatoms. The van der Waals surface area contributed by atoms with Gasteiger partial charge in [-0.2, -0.15) is 4.98 Å². The van der Waals surface area contributed by atoms with Crippen LogP contribution in [0.25, 0.3) is 32.0 Å². The Kier molecular flexibility index (Phi) is 8.04. The van der Waals surface area contributed by atoms with Gasteiger partial charge in [-0.25, -0.2) is 24.1 Å². The molecule has 5 rings (SSSR count). The fraction of sp³-hybridized carbons (Fsp3) is 0.276. The Balaban J connectivity index is 1.34. The number of hydrogen-bond donors (Lipinski definition) is 1. The van der Waals surface area contributed by atoms with Crippen LogP contribution in [0.4, 0.5) is 14.9 Å². The lowest BCUT2D eigenvalue weighted by molar-refractivity contribution is 0.0350. The summed E-state index contributed by atoms with van der Waals surface area (Å²) in [6.07, 6.45) is -0.985. The van der Waals surface area contributed by atoms with Crippen molar-refractivity contribution in [2.45, 2.75) is 39.9 Å². The van der Waals surface area contributed by atoms with Crippen molar-refractivity contribution in [3.05, 3.63) is 64.0 Å². The first-order valence-electron chi connectivity index (χ1n) is 13.1. The Morgan fingerprint density at radius 2 is 1.84 bits per heavy atom. The number of aromatic amines is 1. The molecule has 12 nitrogen and oxygen atoms in total. The smallest absolute Gasteiger partial charge is 0.414 e. The molecule has 1 aromatic carbocycles. The highest BCUT2D eigenvalue weighted by Crippen LogP contribution is 2.35. The van der Waals surface area contributed by atoms with Gasteiger partial charge in [0.1, 0.15) is 33.3 Å². The maximum atomic E-state index is 15.1. The lowest BCUT2D eigenvalue weighted by Gasteiger charge is -2.24. The first kappa shape index (κ1) is 29.5. The standard InChI is InChI=1S/C29H27FN6O6S/c1-13-9-17(24-20(10-13)32-23(40-6)12-31-24)27-34-21-11-18(30)26(35-28(21)43-27)41-15(3)16(4)42-29(39)36(5)22-8-7-19(14(2)37)33-25(22)38/h7-12,15-16H,1-6H3,(H,33,38)/t15-,16+/m0/s1. The van der Waals surface area contributed by atoms with Gasteiger partial charge in [-0.05, 0) is 50.6 Å². The zero-order chi connectivity index (χ0) is 31.0. The van der Waals surface area contributed by atoms with E-state index in [4.69, 9.17) is 14.2 Å². The molecule has 0 radical (unpaired) electrons. The minimum Gasteiger partial charge on any atom is -0.480 e. The van der Waals surface area contributed by atoms with Gasteiger partial charge in [0.2, 0.25) is 5.88 Å². The summed E-state index contributed by atoms with van der Waals surface area (Å²) in [4.78, 5) is 58.3. The van der Waals surface area contributed by atoms with E-state index in [1.165, 1.54) is 56.8 Å². The predicted molar refractivity (Wildman–Crippen MR) is 159 cm³/mol. The van der Waals surface area contributed by atoms with Gasteiger partial charge >= 0.3 is 6.09 Å². The van der Waals surface area contributed by atoms with Crippen LogP contribution in [-0.4, -0.2) is 63.2 Å². The van der Waals surface area contributed by atoms with Crippen LogP contribution >= 0.6 is 11.3 Å². The Hall–Kier alpha value is -4.98. The number of rotatable bonds is 8. The summed E-state index contributed by atoms with van der Waals surface area (Å²) < 4.78 is 31.5. The van der Waals surface area contributed by atoms with Gasteiger partial charge in [0.25, 0.3) is 11.4 Å². The fourth-order valence-electron chi connectivity index (χ4n) is 4.17. The van der Waals surface area contributed by atoms with E-state index in [0.29, 0.717) is 32.3 Å². The second-order valence-electron chi connectivity index (χ2n) is 9.82. The second kappa shape index (κ2) is 11.7. The largest absolute Gasteiger partial charge is 0.480 e. The molecule has 0 fully saturated rings. The van der Waals surface area contributed by atoms with Gasteiger partial charge in [0.15, 0.2) is 11.6 Å². The molecule has 0 saturated heterocycles. The zero-order valence-electron chi connectivity index (χ0n) is 24.1. The number of pyridine rings is 2. The number of ether oxygens (including phenoxy) is 3. The number of ketones is 1. The van der Waals surface area contributed by atoms with Crippen molar-refractivity contribution in [1.29, 1.82) is 0 Å². The molecule has 0 aliphatic carbocycles. The van der Waals surface area contributed by atoms with Crippen LogP contribution < -0.4 is 19.9 Å². The summed E-state index contributed by atoms with van der Waals surface area (Å²) in [6, 6.07) is 7.80. The van der Waals surface area contributed by atoms with E-state index in [0.717, 1.165) is 16.0 Å². The Morgan fingerprint density at radius 3 is 2.53 bits per heavy atom. The van der Waals surface area contributed by atoms with Crippen LogP contribution in [0, 0.1) is 12.7 Å². The van der Waals surface area contributed by atoms with E-state index in [9.17, 15) is 14.4 Å². The number of anilines is 1. The summed E-state index contributed by atoms with van der Waals surface area (Å²) in [6.45, 7) is 6.41. The van der Waals surface area contributed by atoms with Crippen molar-refractivity contribution in [2.75, 3.05) is 19.1 Å². The molecule has 1 amide bonds. The number of H-pyrrole nitrogens is 1. The van der Waals surface area contributed by atoms with Crippen molar-refractivity contribution in [2.24, 2.45) is 0 Å². The summed E-state index contributed by atoms with van der Waals surface area (Å²) in [5.41, 5.74) is 2.74. The average Bonchev–Trinajstić information content (AvgIpc) is 3.38. The number of Topliss-reactive ketones (excluding diaryl/α,β-unsaturated/α-hetero) is 1. The number of amides is 1. The van der Waals surface area contributed by atoms with Crippen LogP contribution in [0.3, 0.4) is 0 Å². The number of fused-ring (bicyclic) bond motifs is 2. The van der Waals surface area contributed by atoms with Crippen LogP contribution in [0.1, 0.15) is 36.8 Å². The highest BCUT2D eigenvalue weighted by Gasteiger charge is 2.25. The number of aryl methyl sites for hydroxylation is 1. The van der Waals surface area contributed by atoms with Gasteiger partial charge in [-0.3, -0.25) is 14.5 Å². The second-order valence-corrected chi connectivity index (χ2v) is 10.8. The number of carbonyl (C=O) groups excluding carboxylic acids is 2. The molecule has 0 unspecified atom stereocenters. The summed E-state index contributed by atoms with van der Waals surface area (Å²) >= 11 is 1.24. The minimum atomic E-state index is -0.853. The molecule has 222 valence electrons. The van der Waals surface area contributed by atoms with Crippen molar-refractivity contribution in [3.63, 3.8) is 0 Å². The molecular weight excluding hydrogens is 579 g/mol. The first-order valence-corrected chi connectivity index (χ1v) is 13.9. The van der Waals surface area contributed by atoms with Crippen LogP contribution in [0.5, 0.6) is 11.8 Å². The molecule has 0 bridgehead atoms. The van der Waals surface area contributed by atoms with Gasteiger partial charge in [-0.15, -0.1) is 0 Å². The Morgan fingerprint density at radius 1 is 1.07 bits per heavy atom. The monoisotopic (exact) mass is 606 g/mol. The molecular formula is C29H27FN6O6S. The van der Waals surface area contributed by atoms with E-state index in [-0.39, 0.29) is 23.0 Å². The van der Waals surface area contributed by atoms with Gasteiger partial charge in [-0.1, -0.05) is 11.3 Å². The molecule has 0 aliphatic heterocycles. The van der Waals surface area contributed by atoms with Crippen molar-refractivity contribution >= 4 is 50.3 Å². The van der Waals surface area contributed by atoms with Crippen molar-refractivity contribution in [3.8, 4) is 22.3 Å². The highest BCUT2D eigenvalue weighted by molar-refractivity contribution is 7.21. The normalized spacial score (nSPS) is 12.6. The van der Waals surface area contributed by atoms with Gasteiger partial charge in [0, 0.05) is 25.6 Å². The minimum absolute atomic E-state index is 0.0126. The predicted octanol–water partition coefficient (Wildman–Crippen LogP) is 5.08. The van der Waals surface area contributed by atoms with E-state index in [1.54, 1.807) is 13.8 Å². The Labute approximate surface area is 248 Å². The number of halogens is 1. The number of nitrogens with zero attached hydrogens (tertiary/aromatic N) is 5. The molecule has 0 aliphatic rings. The van der Waals surface area contributed by atoms with E-state index in [2.05, 4.69) is 24.9 Å². The maximum absolute atomic E-state index is 15.1. The van der Waals surface area contributed by atoms with Crippen molar-refractivity contribution < 1.29 is 28.2 Å². The topological polar surface area (TPSA) is 149 Å². The number of thiazole rings is 1. The lowest BCUT2D eigenvalue weighted by atomic mass is 10.1. The third-order valence-corrected chi connectivity index (χ3v) is 7.66. The molecule has 0 spiro atoms. The molecule has 0 saturated carbocycles. The average molecular weight is 607 g/mol. The SMILES string of the molecule is COc1cnc2c(-c3nc4cc(F)c(O[C@@H](C)[C@@H](C)OC(=O)N(C)c5ccc(C(C)=O)[nH]c5=O)nc4s3)cc(C)cc2n1. The third-order valence-electron chi connectivity index (χ3n) is 6.66. The maximum Gasteiger partial charge on any atom is 0.414 e. The zero-order valence-corrected chi connectivity index (χ0v) is 24.9. The molecule has 43 heavy (non-hydrogen) atoms. The number of aromatic nitrogens is 5. The Bertz CT molecular complexity index is 1940. The first-order chi connectivity index (χ1) is 20.4. The summed E-state index contributed by atoms with van der Waals surface area (Å²) in [5.74, 6) is -0.943. The van der Waals surface area contributed by atoms with E-state index in [1.807, 2.05) is 19.1 Å². The number of benzene rings is 1. The van der Waals surface area contributed by atoms with Gasteiger partial charge in [0.05, 0.1) is 30.0 Å². The number of nitrogens with one attached hydrogen (secondary N) is 1. The van der Waals surface area contributed by atoms with Gasteiger partial charge < -0.3 is 19.2 Å². The number of carbonyl (C=O) groups is 2. The molecule has 1 N–H and O–H groups in total. The summed E-state index contributed by atoms with van der Waals surface area (Å²) in [7, 11) is 2.87. The van der Waals surface area contributed by atoms with Crippen molar-refractivity contribution in [1.82, 2.24) is 24.9 Å². The molecule has 2 atom stereocenters. The third kappa shape index (κ3) is 6.00. The van der Waals surface area contributed by atoms with Crippen LogP contribution in [0.2, 0.25) is 0 Å². The van der Waals surface area contributed by atoms with Crippen LogP contribution in [-0.2, 0) is 4.74 Å². The quantitative estimate of drug-likeness (QED) is 0.237. The highest BCUT2D eigenvalue weighted by atomic mass is 32.1. The molecule has 4 heterocycles. The van der Waals surface area contributed by atoms with E-state index < -0.39 is 29.7 Å².